The maximum absolute atomic E-state index is 12.1. The number of ether oxygens (including phenoxy) is 1. The molecule has 0 spiro atoms. The minimum Gasteiger partial charge on any atom is -0.452 e. The van der Waals surface area contributed by atoms with E-state index in [9.17, 15) is 14.4 Å². The number of carbonyl (C=O) groups is 3. The minimum atomic E-state index is -0.684. The molecule has 2 N–H and O–H groups in total. The highest BCUT2D eigenvalue weighted by atomic mass is 16.5. The molecule has 0 heterocycles. The van der Waals surface area contributed by atoms with E-state index in [0.29, 0.717) is 17.1 Å². The molecule has 0 atom stereocenters. The summed E-state index contributed by atoms with van der Waals surface area (Å²) < 4.78 is 5.02. The number of nitrogens with one attached hydrogen (secondary N) is 2. The zero-order valence-corrected chi connectivity index (χ0v) is 17.4. The van der Waals surface area contributed by atoms with Gasteiger partial charge in [-0.2, -0.15) is 15.5 Å². The van der Waals surface area contributed by atoms with Crippen molar-refractivity contribution in [2.45, 2.75) is 6.42 Å². The summed E-state index contributed by atoms with van der Waals surface area (Å²) in [5, 5.41) is 21.9. The van der Waals surface area contributed by atoms with E-state index in [1.165, 1.54) is 24.3 Å². The van der Waals surface area contributed by atoms with Crippen LogP contribution in [0.3, 0.4) is 0 Å². The summed E-state index contributed by atoms with van der Waals surface area (Å²) in [5.74, 6) is -1.63. The van der Waals surface area contributed by atoms with Crippen LogP contribution in [-0.2, 0) is 14.3 Å². The Labute approximate surface area is 189 Å². The highest BCUT2D eigenvalue weighted by Crippen LogP contribution is 2.20. The summed E-state index contributed by atoms with van der Waals surface area (Å²) in [6, 6.07) is 23.7. The van der Waals surface area contributed by atoms with E-state index in [0.717, 1.165) is 5.69 Å². The van der Waals surface area contributed by atoms with Crippen LogP contribution in [0.25, 0.3) is 0 Å². The molecule has 2 amide bonds. The van der Waals surface area contributed by atoms with Crippen molar-refractivity contribution in [1.82, 2.24) is 0 Å². The van der Waals surface area contributed by atoms with Crippen LogP contribution in [0.1, 0.15) is 16.8 Å². The molecule has 0 saturated carbocycles. The fourth-order valence-corrected chi connectivity index (χ4v) is 2.60. The minimum absolute atomic E-state index is 0.217. The zero-order chi connectivity index (χ0) is 23.5. The molecule has 0 unspecified atom stereocenters. The van der Waals surface area contributed by atoms with Gasteiger partial charge in [0.05, 0.1) is 23.0 Å². The first-order valence-corrected chi connectivity index (χ1v) is 9.84. The summed E-state index contributed by atoms with van der Waals surface area (Å²) in [5.41, 5.74) is 2.53. The van der Waals surface area contributed by atoms with Gasteiger partial charge in [0.1, 0.15) is 6.42 Å². The maximum Gasteiger partial charge on any atom is 0.338 e. The number of hydrogen-bond donors (Lipinski definition) is 2. The van der Waals surface area contributed by atoms with Crippen molar-refractivity contribution < 1.29 is 19.1 Å². The second-order valence-corrected chi connectivity index (χ2v) is 6.67. The second kappa shape index (κ2) is 11.5. The smallest absolute Gasteiger partial charge is 0.338 e. The molecule has 164 valence electrons. The number of azo groups is 1. The summed E-state index contributed by atoms with van der Waals surface area (Å²) >= 11 is 0. The van der Waals surface area contributed by atoms with Gasteiger partial charge in [-0.05, 0) is 60.7 Å². The van der Waals surface area contributed by atoms with E-state index in [4.69, 9.17) is 10.00 Å². The predicted molar refractivity (Wildman–Crippen MR) is 121 cm³/mol. The molecule has 0 aliphatic carbocycles. The Bertz CT molecular complexity index is 1180. The topological polar surface area (TPSA) is 133 Å². The molecule has 9 nitrogen and oxygen atoms in total. The Hall–Kier alpha value is -4.84. The number of rotatable bonds is 8. The van der Waals surface area contributed by atoms with Gasteiger partial charge in [0, 0.05) is 11.4 Å². The third kappa shape index (κ3) is 7.41. The molecular formula is C24H19N5O4. The number of anilines is 2. The second-order valence-electron chi connectivity index (χ2n) is 6.67. The van der Waals surface area contributed by atoms with Crippen molar-refractivity contribution in [2.75, 3.05) is 17.2 Å². The first kappa shape index (κ1) is 22.8. The van der Waals surface area contributed by atoms with Gasteiger partial charge in [-0.3, -0.25) is 9.59 Å². The van der Waals surface area contributed by atoms with Gasteiger partial charge in [0.2, 0.25) is 5.91 Å². The largest absolute Gasteiger partial charge is 0.452 e. The molecule has 3 rings (SSSR count). The first-order chi connectivity index (χ1) is 16.0. The number of nitrogens with zero attached hydrogens (tertiary/aromatic N) is 3. The predicted octanol–water partition coefficient (Wildman–Crippen LogP) is 4.75. The SMILES string of the molecule is N#CCC(=O)Nc1ccc(C(=O)OCC(=O)Nc2ccc(N=Nc3ccccc3)cc2)cc1. The lowest BCUT2D eigenvalue weighted by Crippen LogP contribution is -2.20. The lowest BCUT2D eigenvalue weighted by molar-refractivity contribution is -0.119. The average molecular weight is 441 g/mol. The van der Waals surface area contributed by atoms with E-state index in [2.05, 4.69) is 20.9 Å². The van der Waals surface area contributed by atoms with Crippen LogP contribution < -0.4 is 10.6 Å². The van der Waals surface area contributed by atoms with Crippen LogP contribution in [0.5, 0.6) is 0 Å². The average Bonchev–Trinajstić information content (AvgIpc) is 2.83. The van der Waals surface area contributed by atoms with Crippen LogP contribution in [0, 0.1) is 11.3 Å². The molecule has 3 aromatic carbocycles. The van der Waals surface area contributed by atoms with E-state index in [1.54, 1.807) is 30.3 Å². The van der Waals surface area contributed by atoms with Gasteiger partial charge in [0.15, 0.2) is 6.61 Å². The van der Waals surface area contributed by atoms with Crippen LogP contribution in [0.15, 0.2) is 89.1 Å². The van der Waals surface area contributed by atoms with Crippen molar-refractivity contribution in [3.63, 3.8) is 0 Å². The molecule has 0 bridgehead atoms. The van der Waals surface area contributed by atoms with Crippen LogP contribution >= 0.6 is 0 Å². The van der Waals surface area contributed by atoms with Crippen molar-refractivity contribution in [1.29, 1.82) is 5.26 Å². The standard InChI is InChI=1S/C24H19N5O4/c25-15-14-22(30)26-18-8-6-17(7-9-18)24(32)33-16-23(31)27-19-10-12-21(13-11-19)29-28-20-4-2-1-3-5-20/h1-13H,14,16H2,(H,26,30)(H,27,31). The van der Waals surface area contributed by atoms with Crippen LogP contribution in [-0.4, -0.2) is 24.4 Å². The van der Waals surface area contributed by atoms with E-state index in [1.807, 2.05) is 30.3 Å². The molecule has 0 fully saturated rings. The summed E-state index contributed by atoms with van der Waals surface area (Å²) in [7, 11) is 0. The molecule has 0 aromatic heterocycles. The molecule has 0 aliphatic rings. The van der Waals surface area contributed by atoms with E-state index in [-0.39, 0.29) is 12.0 Å². The number of nitriles is 1. The Kier molecular flexibility index (Phi) is 7.98. The Morgan fingerprint density at radius 2 is 1.30 bits per heavy atom. The zero-order valence-electron chi connectivity index (χ0n) is 17.4. The molecule has 0 radical (unpaired) electrons. The monoisotopic (exact) mass is 441 g/mol. The van der Waals surface area contributed by atoms with E-state index >= 15 is 0 Å². The van der Waals surface area contributed by atoms with Gasteiger partial charge < -0.3 is 15.4 Å². The van der Waals surface area contributed by atoms with Crippen molar-refractivity contribution in [2.24, 2.45) is 10.2 Å². The summed E-state index contributed by atoms with van der Waals surface area (Å²) in [6.45, 7) is -0.463. The molecule has 9 heteroatoms. The van der Waals surface area contributed by atoms with Crippen molar-refractivity contribution >= 4 is 40.5 Å². The van der Waals surface area contributed by atoms with Crippen molar-refractivity contribution in [3.05, 3.63) is 84.4 Å². The number of benzene rings is 3. The number of amides is 2. The van der Waals surface area contributed by atoms with Crippen LogP contribution in [0.2, 0.25) is 0 Å². The van der Waals surface area contributed by atoms with Gasteiger partial charge in [-0.15, -0.1) is 0 Å². The molecule has 0 aliphatic heterocycles. The first-order valence-electron chi connectivity index (χ1n) is 9.84. The highest BCUT2D eigenvalue weighted by molar-refractivity contribution is 5.96. The molecule has 0 saturated heterocycles. The highest BCUT2D eigenvalue weighted by Gasteiger charge is 2.11. The summed E-state index contributed by atoms with van der Waals surface area (Å²) in [6.07, 6.45) is -0.264. The van der Waals surface area contributed by atoms with Gasteiger partial charge in [0.25, 0.3) is 5.91 Å². The quantitative estimate of drug-likeness (QED) is 0.384. The number of esters is 1. The third-order valence-electron chi connectivity index (χ3n) is 4.17. The van der Waals surface area contributed by atoms with Crippen LogP contribution in [0.4, 0.5) is 22.7 Å². The van der Waals surface area contributed by atoms with Gasteiger partial charge in [-0.1, -0.05) is 18.2 Å². The maximum atomic E-state index is 12.1. The number of hydrogen-bond acceptors (Lipinski definition) is 7. The lowest BCUT2D eigenvalue weighted by Gasteiger charge is -2.08. The fraction of sp³-hybridized carbons (Fsp3) is 0.0833. The lowest BCUT2D eigenvalue weighted by atomic mass is 10.2. The van der Waals surface area contributed by atoms with E-state index < -0.39 is 24.4 Å². The Morgan fingerprint density at radius 1 is 0.758 bits per heavy atom. The van der Waals surface area contributed by atoms with Gasteiger partial charge in [-0.25, -0.2) is 4.79 Å². The van der Waals surface area contributed by atoms with Gasteiger partial charge >= 0.3 is 5.97 Å². The Morgan fingerprint density at radius 3 is 1.91 bits per heavy atom. The summed E-state index contributed by atoms with van der Waals surface area (Å²) in [4.78, 5) is 35.6. The van der Waals surface area contributed by atoms with Crippen molar-refractivity contribution in [3.8, 4) is 6.07 Å². The fourth-order valence-electron chi connectivity index (χ4n) is 2.60. The molecule has 33 heavy (non-hydrogen) atoms. The number of carbonyl (C=O) groups excluding carboxylic acids is 3. The normalized spacial score (nSPS) is 10.3. The third-order valence-corrected chi connectivity index (χ3v) is 4.17. The Balaban J connectivity index is 1.46. The molecule has 3 aromatic rings. The molecular weight excluding hydrogens is 422 g/mol.